The number of aromatic nitrogens is 2. The van der Waals surface area contributed by atoms with E-state index in [0.29, 0.717) is 15.8 Å². The van der Waals surface area contributed by atoms with Crippen LogP contribution in [0.4, 0.5) is 8.78 Å². The number of hydrogen-bond donors (Lipinski definition) is 0. The van der Waals surface area contributed by atoms with Gasteiger partial charge in [-0.3, -0.25) is 9.36 Å². The van der Waals surface area contributed by atoms with Crippen molar-refractivity contribution in [3.8, 4) is 5.69 Å². The van der Waals surface area contributed by atoms with E-state index in [1.165, 1.54) is 40.2 Å². The minimum Gasteiger partial charge on any atom is -0.287 e. The normalized spacial score (nSPS) is 11.5. The van der Waals surface area contributed by atoms with Gasteiger partial charge in [0.1, 0.15) is 16.3 Å². The monoisotopic (exact) mass is 454 g/mol. The largest absolute Gasteiger partial charge is 0.336 e. The van der Waals surface area contributed by atoms with E-state index in [-0.39, 0.29) is 17.3 Å². The van der Waals surface area contributed by atoms with Crippen LogP contribution < -0.4 is 11.2 Å². The third-order valence-electron chi connectivity index (χ3n) is 5.05. The Balaban J connectivity index is 1.89. The molecule has 0 aliphatic carbocycles. The Kier molecular flexibility index (Phi) is 4.72. The fourth-order valence-corrected chi connectivity index (χ4v) is 4.98. The first-order valence-corrected chi connectivity index (χ1v) is 10.5. The van der Waals surface area contributed by atoms with Gasteiger partial charge in [-0.05, 0) is 42.0 Å². The average molecular weight is 455 g/mol. The van der Waals surface area contributed by atoms with Gasteiger partial charge in [-0.15, -0.1) is 11.3 Å². The minimum atomic E-state index is -0.651. The third kappa shape index (κ3) is 3.26. The van der Waals surface area contributed by atoms with E-state index in [1.807, 2.05) is 24.3 Å². The van der Waals surface area contributed by atoms with Gasteiger partial charge in [0.05, 0.1) is 22.8 Å². The van der Waals surface area contributed by atoms with E-state index >= 15 is 0 Å². The van der Waals surface area contributed by atoms with E-state index in [1.54, 1.807) is 12.1 Å². The van der Waals surface area contributed by atoms with Gasteiger partial charge in [0, 0.05) is 10.1 Å². The molecule has 0 bridgehead atoms. The molecule has 0 aliphatic heterocycles. The lowest BCUT2D eigenvalue weighted by Crippen LogP contribution is -2.38. The molecule has 31 heavy (non-hydrogen) atoms. The second-order valence-corrected chi connectivity index (χ2v) is 8.47. The molecule has 0 amide bonds. The maximum Gasteiger partial charge on any atom is 0.336 e. The zero-order chi connectivity index (χ0) is 21.7. The predicted molar refractivity (Wildman–Crippen MR) is 120 cm³/mol. The van der Waals surface area contributed by atoms with Crippen LogP contribution in [0.5, 0.6) is 0 Å². The Morgan fingerprint density at radius 1 is 0.935 bits per heavy atom. The molecular formula is C23H13ClF2N2O2S. The topological polar surface area (TPSA) is 44.0 Å². The number of halogens is 3. The zero-order valence-electron chi connectivity index (χ0n) is 15.8. The first-order chi connectivity index (χ1) is 14.9. The summed E-state index contributed by atoms with van der Waals surface area (Å²) in [5.41, 5.74) is 0.0893. The van der Waals surface area contributed by atoms with Gasteiger partial charge in [0.2, 0.25) is 0 Å². The second-order valence-electron chi connectivity index (χ2n) is 7.01. The van der Waals surface area contributed by atoms with E-state index in [0.717, 1.165) is 20.7 Å². The van der Waals surface area contributed by atoms with Crippen LogP contribution in [0.15, 0.2) is 76.3 Å². The number of thiophene rings is 1. The summed E-state index contributed by atoms with van der Waals surface area (Å²) in [5, 5.41) is 0.564. The molecule has 0 spiro atoms. The summed E-state index contributed by atoms with van der Waals surface area (Å²) in [6.07, 6.45) is 0. The van der Waals surface area contributed by atoms with E-state index in [9.17, 15) is 18.4 Å². The molecule has 0 unspecified atom stereocenters. The van der Waals surface area contributed by atoms with Gasteiger partial charge in [0.15, 0.2) is 0 Å². The van der Waals surface area contributed by atoms with Gasteiger partial charge in [-0.2, -0.15) is 0 Å². The van der Waals surface area contributed by atoms with E-state index in [2.05, 4.69) is 0 Å². The van der Waals surface area contributed by atoms with Crippen LogP contribution in [0, 0.1) is 11.6 Å². The fourth-order valence-electron chi connectivity index (χ4n) is 3.67. The zero-order valence-corrected chi connectivity index (χ0v) is 17.4. The summed E-state index contributed by atoms with van der Waals surface area (Å²) in [6.45, 7) is 0.0586. The summed E-state index contributed by atoms with van der Waals surface area (Å²) in [6, 6.07) is 17.0. The van der Waals surface area contributed by atoms with Crippen LogP contribution >= 0.6 is 22.9 Å². The van der Waals surface area contributed by atoms with Crippen molar-refractivity contribution in [2.24, 2.45) is 0 Å². The minimum absolute atomic E-state index is 0.0586. The van der Waals surface area contributed by atoms with Crippen LogP contribution in [0.1, 0.15) is 5.56 Å². The van der Waals surface area contributed by atoms with Crippen molar-refractivity contribution in [2.45, 2.75) is 6.54 Å². The maximum atomic E-state index is 13.8. The Labute approximate surface area is 183 Å². The lowest BCUT2D eigenvalue weighted by Gasteiger charge is -2.13. The molecule has 8 heteroatoms. The first kappa shape index (κ1) is 19.7. The maximum absolute atomic E-state index is 13.8. The van der Waals surface area contributed by atoms with Crippen molar-refractivity contribution in [2.75, 3.05) is 0 Å². The molecule has 0 N–H and O–H groups in total. The molecule has 2 heterocycles. The number of nitrogens with zero attached hydrogens (tertiary/aromatic N) is 2. The molecule has 0 radical (unpaired) electrons. The molecule has 3 aromatic carbocycles. The summed E-state index contributed by atoms with van der Waals surface area (Å²) < 4.78 is 31.1. The van der Waals surface area contributed by atoms with Crippen LogP contribution in [0.2, 0.25) is 5.02 Å². The van der Waals surface area contributed by atoms with Crippen molar-refractivity contribution in [1.82, 2.24) is 9.13 Å². The molecule has 0 atom stereocenters. The number of rotatable bonds is 3. The smallest absolute Gasteiger partial charge is 0.287 e. The molecule has 0 saturated heterocycles. The SMILES string of the molecule is O=c1c2sc3ccccc3c2n(Cc2cccc(F)c2)c(=O)n1-c1ccc(F)c(Cl)c1. The molecule has 0 fully saturated rings. The van der Waals surface area contributed by atoms with Gasteiger partial charge < -0.3 is 0 Å². The molecule has 4 nitrogen and oxygen atoms in total. The first-order valence-electron chi connectivity index (χ1n) is 9.31. The number of fused-ring (bicyclic) bond motifs is 3. The highest BCUT2D eigenvalue weighted by atomic mass is 35.5. The Morgan fingerprint density at radius 3 is 2.52 bits per heavy atom. The molecular weight excluding hydrogens is 442 g/mol. The molecule has 2 aromatic heterocycles. The number of hydrogen-bond acceptors (Lipinski definition) is 3. The van der Waals surface area contributed by atoms with Crippen LogP contribution in [-0.4, -0.2) is 9.13 Å². The molecule has 0 saturated carbocycles. The van der Waals surface area contributed by atoms with Gasteiger partial charge >= 0.3 is 5.69 Å². The van der Waals surface area contributed by atoms with Crippen molar-refractivity contribution >= 4 is 43.2 Å². The molecule has 0 aliphatic rings. The van der Waals surface area contributed by atoms with E-state index in [4.69, 9.17) is 11.6 Å². The second kappa shape index (κ2) is 7.44. The van der Waals surface area contributed by atoms with Gasteiger partial charge in [0.25, 0.3) is 5.56 Å². The average Bonchev–Trinajstić information content (AvgIpc) is 3.14. The summed E-state index contributed by atoms with van der Waals surface area (Å²) in [7, 11) is 0. The fraction of sp³-hybridized carbons (Fsp3) is 0.0435. The van der Waals surface area contributed by atoms with Crippen LogP contribution in [0.25, 0.3) is 26.0 Å². The predicted octanol–water partition coefficient (Wildman–Crippen LogP) is 5.35. The Morgan fingerprint density at radius 2 is 1.74 bits per heavy atom. The van der Waals surface area contributed by atoms with Crippen LogP contribution in [0.3, 0.4) is 0 Å². The Bertz CT molecular complexity index is 1600. The van der Waals surface area contributed by atoms with Crippen molar-refractivity contribution in [1.29, 1.82) is 0 Å². The molecule has 5 aromatic rings. The highest BCUT2D eigenvalue weighted by molar-refractivity contribution is 7.25. The quantitative estimate of drug-likeness (QED) is 0.369. The summed E-state index contributed by atoms with van der Waals surface area (Å²) >= 11 is 7.17. The number of benzene rings is 3. The lowest BCUT2D eigenvalue weighted by molar-refractivity contribution is 0.622. The standard InChI is InChI=1S/C23H13ClF2N2O2S/c24-17-11-15(8-9-18(17)26)28-22(29)21-20(16-6-1-2-7-19(16)31-21)27(23(28)30)12-13-4-3-5-14(25)10-13/h1-11H,12H2. The van der Waals surface area contributed by atoms with Crippen LogP contribution in [-0.2, 0) is 6.54 Å². The van der Waals surface area contributed by atoms with Gasteiger partial charge in [-0.25, -0.2) is 18.1 Å². The summed E-state index contributed by atoms with van der Waals surface area (Å²) in [5.74, 6) is -1.07. The Hall–Kier alpha value is -3.29. The molecule has 5 rings (SSSR count). The van der Waals surface area contributed by atoms with Crippen molar-refractivity contribution in [3.05, 3.63) is 110 Å². The van der Waals surface area contributed by atoms with Crippen molar-refractivity contribution < 1.29 is 8.78 Å². The highest BCUT2D eigenvalue weighted by Crippen LogP contribution is 2.31. The lowest BCUT2D eigenvalue weighted by atomic mass is 10.2. The van der Waals surface area contributed by atoms with Gasteiger partial charge in [-0.1, -0.05) is 41.9 Å². The van der Waals surface area contributed by atoms with E-state index < -0.39 is 22.9 Å². The molecule has 154 valence electrons. The van der Waals surface area contributed by atoms with Crippen molar-refractivity contribution in [3.63, 3.8) is 0 Å². The highest BCUT2D eigenvalue weighted by Gasteiger charge is 2.20. The summed E-state index contributed by atoms with van der Waals surface area (Å²) in [4.78, 5) is 26.9. The third-order valence-corrected chi connectivity index (χ3v) is 6.49.